The van der Waals surface area contributed by atoms with E-state index in [-0.39, 0.29) is 0 Å². The second-order valence-electron chi connectivity index (χ2n) is 6.08. The molecule has 3 rings (SSSR count). The molecule has 1 fully saturated rings. The lowest BCUT2D eigenvalue weighted by atomic mass is 9.94. The third-order valence-corrected chi connectivity index (χ3v) is 4.43. The van der Waals surface area contributed by atoms with Gasteiger partial charge in [-0.3, -0.25) is 0 Å². The SMILES string of the molecule is CC(CNCC1CNc2ccccc2C1)C1CC1. The minimum Gasteiger partial charge on any atom is -0.384 e. The maximum absolute atomic E-state index is 3.67. The topological polar surface area (TPSA) is 24.1 Å². The van der Waals surface area contributed by atoms with Crippen LogP contribution >= 0.6 is 0 Å². The van der Waals surface area contributed by atoms with Crippen LogP contribution < -0.4 is 10.6 Å². The Hall–Kier alpha value is -1.02. The molecule has 0 saturated heterocycles. The van der Waals surface area contributed by atoms with E-state index in [9.17, 15) is 0 Å². The Labute approximate surface area is 110 Å². The van der Waals surface area contributed by atoms with E-state index in [0.717, 1.165) is 30.8 Å². The Bertz CT molecular complexity index is 398. The Morgan fingerprint density at radius 3 is 3.00 bits per heavy atom. The van der Waals surface area contributed by atoms with Crippen LogP contribution in [0, 0.1) is 17.8 Å². The van der Waals surface area contributed by atoms with Crippen LogP contribution in [0.15, 0.2) is 24.3 Å². The summed E-state index contributed by atoms with van der Waals surface area (Å²) >= 11 is 0. The summed E-state index contributed by atoms with van der Waals surface area (Å²) in [6, 6.07) is 8.70. The fourth-order valence-electron chi connectivity index (χ4n) is 3.00. The lowest BCUT2D eigenvalue weighted by Crippen LogP contribution is -2.34. The summed E-state index contributed by atoms with van der Waals surface area (Å²) in [7, 11) is 0. The first-order chi connectivity index (χ1) is 8.83. The Balaban J connectivity index is 1.44. The lowest BCUT2D eigenvalue weighted by Gasteiger charge is -2.26. The van der Waals surface area contributed by atoms with Crippen molar-refractivity contribution in [2.45, 2.75) is 26.2 Å². The molecular formula is C16H24N2. The lowest BCUT2D eigenvalue weighted by molar-refractivity contribution is 0.418. The largest absolute Gasteiger partial charge is 0.384 e. The van der Waals surface area contributed by atoms with Crippen LogP contribution in [0.2, 0.25) is 0 Å². The molecular weight excluding hydrogens is 220 g/mol. The van der Waals surface area contributed by atoms with Crippen molar-refractivity contribution in [3.8, 4) is 0 Å². The molecule has 98 valence electrons. The van der Waals surface area contributed by atoms with Crippen molar-refractivity contribution in [1.82, 2.24) is 5.32 Å². The van der Waals surface area contributed by atoms with Crippen molar-refractivity contribution in [1.29, 1.82) is 0 Å². The average molecular weight is 244 g/mol. The smallest absolute Gasteiger partial charge is 0.0372 e. The van der Waals surface area contributed by atoms with Gasteiger partial charge in [0.15, 0.2) is 0 Å². The summed E-state index contributed by atoms with van der Waals surface area (Å²) in [5.41, 5.74) is 2.81. The number of nitrogens with one attached hydrogen (secondary N) is 2. The van der Waals surface area contributed by atoms with Crippen LogP contribution in [0.4, 0.5) is 5.69 Å². The van der Waals surface area contributed by atoms with E-state index in [2.05, 4.69) is 41.8 Å². The highest BCUT2D eigenvalue weighted by molar-refractivity contribution is 5.53. The van der Waals surface area contributed by atoms with Gasteiger partial charge in [-0.15, -0.1) is 0 Å². The van der Waals surface area contributed by atoms with Gasteiger partial charge >= 0.3 is 0 Å². The first-order valence-corrected chi connectivity index (χ1v) is 7.35. The average Bonchev–Trinajstić information content (AvgIpc) is 3.23. The van der Waals surface area contributed by atoms with Crippen molar-refractivity contribution in [3.05, 3.63) is 29.8 Å². The van der Waals surface area contributed by atoms with E-state index in [1.54, 1.807) is 0 Å². The van der Waals surface area contributed by atoms with Gasteiger partial charge in [0.05, 0.1) is 0 Å². The van der Waals surface area contributed by atoms with Crippen LogP contribution in [0.3, 0.4) is 0 Å². The summed E-state index contributed by atoms with van der Waals surface area (Å²) in [4.78, 5) is 0. The van der Waals surface area contributed by atoms with E-state index in [0.29, 0.717) is 0 Å². The molecule has 0 radical (unpaired) electrons. The van der Waals surface area contributed by atoms with Crippen molar-refractivity contribution in [3.63, 3.8) is 0 Å². The molecule has 0 amide bonds. The monoisotopic (exact) mass is 244 g/mol. The molecule has 1 aromatic carbocycles. The van der Waals surface area contributed by atoms with E-state index in [1.165, 1.54) is 37.1 Å². The summed E-state index contributed by atoms with van der Waals surface area (Å²) < 4.78 is 0. The van der Waals surface area contributed by atoms with Gasteiger partial charge in [-0.05, 0) is 61.7 Å². The molecule has 2 atom stereocenters. The zero-order valence-electron chi connectivity index (χ0n) is 11.3. The Kier molecular flexibility index (Phi) is 3.55. The molecule has 2 aliphatic rings. The zero-order chi connectivity index (χ0) is 12.4. The number of hydrogen-bond acceptors (Lipinski definition) is 2. The number of benzene rings is 1. The second-order valence-corrected chi connectivity index (χ2v) is 6.08. The summed E-state index contributed by atoms with van der Waals surface area (Å²) in [5, 5.41) is 7.21. The highest BCUT2D eigenvalue weighted by Crippen LogP contribution is 2.36. The minimum atomic E-state index is 0.742. The molecule has 0 bridgehead atoms. The van der Waals surface area contributed by atoms with Gasteiger partial charge < -0.3 is 10.6 Å². The molecule has 18 heavy (non-hydrogen) atoms. The minimum absolute atomic E-state index is 0.742. The first kappa shape index (κ1) is 12.0. The quantitative estimate of drug-likeness (QED) is 0.832. The van der Waals surface area contributed by atoms with Gasteiger partial charge in [-0.25, -0.2) is 0 Å². The number of para-hydroxylation sites is 1. The van der Waals surface area contributed by atoms with Crippen molar-refractivity contribution < 1.29 is 0 Å². The van der Waals surface area contributed by atoms with Gasteiger partial charge in [0.1, 0.15) is 0 Å². The van der Waals surface area contributed by atoms with Crippen LogP contribution in [0.25, 0.3) is 0 Å². The summed E-state index contributed by atoms with van der Waals surface area (Å²) in [6.45, 7) is 5.85. The summed E-state index contributed by atoms with van der Waals surface area (Å²) in [5.74, 6) is 2.63. The molecule has 0 aromatic heterocycles. The van der Waals surface area contributed by atoms with E-state index < -0.39 is 0 Å². The van der Waals surface area contributed by atoms with Gasteiger partial charge in [0, 0.05) is 12.2 Å². The number of fused-ring (bicyclic) bond motifs is 1. The number of rotatable bonds is 5. The Morgan fingerprint density at radius 2 is 2.17 bits per heavy atom. The number of hydrogen-bond donors (Lipinski definition) is 2. The standard InChI is InChI=1S/C16H24N2/c1-12(14-6-7-14)9-17-10-13-8-15-4-2-3-5-16(15)18-11-13/h2-5,12-14,17-18H,6-11H2,1H3. The van der Waals surface area contributed by atoms with Gasteiger partial charge in [0.25, 0.3) is 0 Å². The maximum Gasteiger partial charge on any atom is 0.0372 e. The normalized spacial score (nSPS) is 24.2. The van der Waals surface area contributed by atoms with Gasteiger partial charge in [-0.2, -0.15) is 0 Å². The predicted octanol–water partition coefficient (Wildman–Crippen LogP) is 2.91. The molecule has 1 aliphatic carbocycles. The third-order valence-electron chi connectivity index (χ3n) is 4.43. The fraction of sp³-hybridized carbons (Fsp3) is 0.625. The van der Waals surface area contributed by atoms with E-state index in [1.807, 2.05) is 0 Å². The highest BCUT2D eigenvalue weighted by Gasteiger charge is 2.27. The van der Waals surface area contributed by atoms with E-state index in [4.69, 9.17) is 0 Å². The van der Waals surface area contributed by atoms with Crippen molar-refractivity contribution in [2.24, 2.45) is 17.8 Å². The van der Waals surface area contributed by atoms with Crippen LogP contribution in [0.1, 0.15) is 25.3 Å². The maximum atomic E-state index is 3.67. The molecule has 0 spiro atoms. The molecule has 2 nitrogen and oxygen atoms in total. The second kappa shape index (κ2) is 5.31. The molecule has 1 aliphatic heterocycles. The van der Waals surface area contributed by atoms with Crippen LogP contribution in [-0.2, 0) is 6.42 Å². The molecule has 1 aromatic rings. The van der Waals surface area contributed by atoms with Gasteiger partial charge in [-0.1, -0.05) is 25.1 Å². The van der Waals surface area contributed by atoms with Crippen LogP contribution in [0.5, 0.6) is 0 Å². The molecule has 1 heterocycles. The molecule has 2 unspecified atom stereocenters. The van der Waals surface area contributed by atoms with Gasteiger partial charge in [0.2, 0.25) is 0 Å². The van der Waals surface area contributed by atoms with Crippen LogP contribution in [-0.4, -0.2) is 19.6 Å². The van der Waals surface area contributed by atoms with Crippen molar-refractivity contribution in [2.75, 3.05) is 25.0 Å². The predicted molar refractivity (Wildman–Crippen MR) is 76.9 cm³/mol. The highest BCUT2D eigenvalue weighted by atomic mass is 14.9. The van der Waals surface area contributed by atoms with E-state index >= 15 is 0 Å². The molecule has 1 saturated carbocycles. The molecule has 2 N–H and O–H groups in total. The van der Waals surface area contributed by atoms with Crippen molar-refractivity contribution >= 4 is 5.69 Å². The fourth-order valence-corrected chi connectivity index (χ4v) is 3.00. The zero-order valence-corrected chi connectivity index (χ0v) is 11.3. The first-order valence-electron chi connectivity index (χ1n) is 7.35. The summed E-state index contributed by atoms with van der Waals surface area (Å²) in [6.07, 6.45) is 4.14. The Morgan fingerprint density at radius 1 is 1.33 bits per heavy atom. The molecule has 2 heteroatoms. The number of anilines is 1. The third kappa shape index (κ3) is 2.86.